The van der Waals surface area contributed by atoms with E-state index in [1.54, 1.807) is 0 Å². The third kappa shape index (κ3) is 4.15. The number of fused-ring (bicyclic) bond motifs is 1. The van der Waals surface area contributed by atoms with Crippen LogP contribution in [0, 0.1) is 17.2 Å². The molecule has 3 rings (SSSR count). The van der Waals surface area contributed by atoms with Crippen LogP contribution in [0.5, 0.6) is 0 Å². The number of halogens is 1. The fourth-order valence-electron chi connectivity index (χ4n) is 3.96. The van der Waals surface area contributed by atoms with Gasteiger partial charge in [-0.15, -0.1) is 0 Å². The van der Waals surface area contributed by atoms with Crippen LogP contribution in [-0.4, -0.2) is 6.09 Å². The van der Waals surface area contributed by atoms with Crippen molar-refractivity contribution < 1.29 is 13.9 Å². The molecule has 1 atom stereocenters. The molecule has 1 aliphatic rings. The molecule has 0 aromatic heterocycles. The number of amides is 1. The van der Waals surface area contributed by atoms with Crippen molar-refractivity contribution >= 4 is 6.09 Å². The van der Waals surface area contributed by atoms with Gasteiger partial charge < -0.3 is 10.5 Å². The molecule has 144 valence electrons. The SMILES string of the molecule is CC(C)Cc1ccc(-c2cc3c(cc2F)C(OC(N)=O)C(C)(C)CC3)cc1. The summed E-state index contributed by atoms with van der Waals surface area (Å²) in [6, 6.07) is 11.5. The second-order valence-electron chi connectivity index (χ2n) is 8.63. The van der Waals surface area contributed by atoms with Crippen molar-refractivity contribution in [2.45, 2.75) is 53.1 Å². The highest BCUT2D eigenvalue weighted by Crippen LogP contribution is 2.47. The van der Waals surface area contributed by atoms with Crippen LogP contribution in [0.4, 0.5) is 9.18 Å². The summed E-state index contributed by atoms with van der Waals surface area (Å²) in [4.78, 5) is 11.4. The molecule has 4 heteroatoms. The maximum Gasteiger partial charge on any atom is 0.405 e. The molecule has 0 aliphatic heterocycles. The second kappa shape index (κ2) is 7.34. The summed E-state index contributed by atoms with van der Waals surface area (Å²) in [5, 5.41) is 0. The zero-order chi connectivity index (χ0) is 19.8. The monoisotopic (exact) mass is 369 g/mol. The molecule has 0 fully saturated rings. The fraction of sp³-hybridized carbons (Fsp3) is 0.435. The maximum absolute atomic E-state index is 15.0. The molecule has 0 saturated carbocycles. The zero-order valence-corrected chi connectivity index (χ0v) is 16.5. The Bertz CT molecular complexity index is 840. The summed E-state index contributed by atoms with van der Waals surface area (Å²) in [6.07, 6.45) is 1.31. The van der Waals surface area contributed by atoms with E-state index in [1.807, 2.05) is 32.0 Å². The van der Waals surface area contributed by atoms with Gasteiger partial charge in [-0.1, -0.05) is 52.0 Å². The van der Waals surface area contributed by atoms with E-state index >= 15 is 0 Å². The molecule has 0 bridgehead atoms. The van der Waals surface area contributed by atoms with Crippen LogP contribution in [0.3, 0.4) is 0 Å². The molecule has 2 N–H and O–H groups in total. The Labute approximate surface area is 160 Å². The number of ether oxygens (including phenoxy) is 1. The molecular formula is C23H28FNO2. The van der Waals surface area contributed by atoms with Crippen LogP contribution < -0.4 is 5.73 Å². The highest BCUT2D eigenvalue weighted by molar-refractivity contribution is 5.68. The van der Waals surface area contributed by atoms with Gasteiger partial charge in [0.1, 0.15) is 11.9 Å². The first kappa shape index (κ1) is 19.4. The Morgan fingerprint density at radius 1 is 1.26 bits per heavy atom. The minimum absolute atomic E-state index is 0.283. The molecule has 1 aliphatic carbocycles. The topological polar surface area (TPSA) is 52.3 Å². The third-order valence-corrected chi connectivity index (χ3v) is 5.40. The van der Waals surface area contributed by atoms with E-state index in [2.05, 4.69) is 26.0 Å². The number of aryl methyl sites for hydroxylation is 1. The minimum atomic E-state index is -0.828. The van der Waals surface area contributed by atoms with Crippen LogP contribution in [0.2, 0.25) is 0 Å². The summed E-state index contributed by atoms with van der Waals surface area (Å²) in [5.74, 6) is 0.281. The van der Waals surface area contributed by atoms with Crippen LogP contribution in [0.1, 0.15) is 56.9 Å². The van der Waals surface area contributed by atoms with E-state index in [-0.39, 0.29) is 11.2 Å². The van der Waals surface area contributed by atoms with E-state index in [1.165, 1.54) is 11.6 Å². The average Bonchev–Trinajstić information content (AvgIpc) is 2.57. The molecule has 2 aromatic rings. The van der Waals surface area contributed by atoms with Gasteiger partial charge >= 0.3 is 6.09 Å². The van der Waals surface area contributed by atoms with Crippen LogP contribution in [0.15, 0.2) is 36.4 Å². The molecule has 0 heterocycles. The van der Waals surface area contributed by atoms with E-state index in [9.17, 15) is 9.18 Å². The quantitative estimate of drug-likeness (QED) is 0.740. The lowest BCUT2D eigenvalue weighted by atomic mass is 9.71. The van der Waals surface area contributed by atoms with Gasteiger partial charge in [-0.05, 0) is 59.6 Å². The van der Waals surface area contributed by atoms with E-state index in [0.717, 1.165) is 36.0 Å². The van der Waals surface area contributed by atoms with Crippen molar-refractivity contribution in [3.63, 3.8) is 0 Å². The predicted octanol–water partition coefficient (Wildman–Crippen LogP) is 5.80. The lowest BCUT2D eigenvalue weighted by molar-refractivity contribution is 0.0145. The first-order valence-corrected chi connectivity index (χ1v) is 9.55. The molecule has 1 amide bonds. The lowest BCUT2D eigenvalue weighted by Crippen LogP contribution is -2.33. The van der Waals surface area contributed by atoms with Gasteiger partial charge in [-0.3, -0.25) is 0 Å². The Morgan fingerprint density at radius 2 is 1.93 bits per heavy atom. The van der Waals surface area contributed by atoms with Crippen LogP contribution in [0.25, 0.3) is 11.1 Å². The third-order valence-electron chi connectivity index (χ3n) is 5.40. The van der Waals surface area contributed by atoms with E-state index in [0.29, 0.717) is 11.5 Å². The van der Waals surface area contributed by atoms with Gasteiger partial charge in [0.15, 0.2) is 0 Å². The number of rotatable bonds is 4. The van der Waals surface area contributed by atoms with Crippen molar-refractivity contribution in [1.82, 2.24) is 0 Å². The van der Waals surface area contributed by atoms with Gasteiger partial charge in [0.05, 0.1) is 0 Å². The Morgan fingerprint density at radius 3 is 2.52 bits per heavy atom. The van der Waals surface area contributed by atoms with Gasteiger partial charge in [0.25, 0.3) is 0 Å². The van der Waals surface area contributed by atoms with Crippen molar-refractivity contribution in [3.05, 3.63) is 58.9 Å². The van der Waals surface area contributed by atoms with Crippen LogP contribution in [-0.2, 0) is 17.6 Å². The molecule has 0 saturated heterocycles. The van der Waals surface area contributed by atoms with E-state index in [4.69, 9.17) is 10.5 Å². The standard InChI is InChI=1S/C23H28FNO2/c1-14(2)11-15-5-7-16(8-6-15)18-12-17-9-10-23(3,4)21(27-22(25)26)19(17)13-20(18)24/h5-8,12-14,21H,9-11H2,1-4H3,(H2,25,26). The molecule has 0 spiro atoms. The lowest BCUT2D eigenvalue weighted by Gasteiger charge is -2.39. The predicted molar refractivity (Wildman–Crippen MR) is 106 cm³/mol. The molecule has 1 unspecified atom stereocenters. The molecule has 27 heavy (non-hydrogen) atoms. The summed E-state index contributed by atoms with van der Waals surface area (Å²) in [6.45, 7) is 8.40. The van der Waals surface area contributed by atoms with Crippen LogP contribution >= 0.6 is 0 Å². The van der Waals surface area contributed by atoms with Crippen molar-refractivity contribution in [3.8, 4) is 11.1 Å². The number of carbonyl (C=O) groups excluding carboxylic acids is 1. The largest absolute Gasteiger partial charge is 0.441 e. The number of carbonyl (C=O) groups is 1. The Kier molecular flexibility index (Phi) is 5.27. The highest BCUT2D eigenvalue weighted by Gasteiger charge is 2.39. The smallest absolute Gasteiger partial charge is 0.405 e. The van der Waals surface area contributed by atoms with Gasteiger partial charge in [0, 0.05) is 11.0 Å². The Balaban J connectivity index is 1.98. The number of hydrogen-bond donors (Lipinski definition) is 1. The maximum atomic E-state index is 15.0. The normalized spacial score (nSPS) is 18.2. The second-order valence-corrected chi connectivity index (χ2v) is 8.63. The minimum Gasteiger partial charge on any atom is -0.441 e. The summed E-state index contributed by atoms with van der Waals surface area (Å²) in [5.41, 5.74) is 9.41. The number of primary amides is 1. The molecule has 0 radical (unpaired) electrons. The van der Waals surface area contributed by atoms with E-state index < -0.39 is 12.2 Å². The first-order chi connectivity index (χ1) is 12.7. The summed E-state index contributed by atoms with van der Waals surface area (Å²) >= 11 is 0. The summed E-state index contributed by atoms with van der Waals surface area (Å²) < 4.78 is 20.3. The van der Waals surface area contributed by atoms with Crippen molar-refractivity contribution in [1.29, 1.82) is 0 Å². The molecule has 2 aromatic carbocycles. The van der Waals surface area contributed by atoms with Gasteiger partial charge in [0.2, 0.25) is 0 Å². The average molecular weight is 369 g/mol. The molecular weight excluding hydrogens is 341 g/mol. The molecule has 3 nitrogen and oxygen atoms in total. The van der Waals surface area contributed by atoms with Crippen molar-refractivity contribution in [2.75, 3.05) is 0 Å². The first-order valence-electron chi connectivity index (χ1n) is 9.55. The number of nitrogens with two attached hydrogens (primary N) is 1. The Hall–Kier alpha value is -2.36. The highest BCUT2D eigenvalue weighted by atomic mass is 19.1. The number of benzene rings is 2. The van der Waals surface area contributed by atoms with Gasteiger partial charge in [-0.2, -0.15) is 0 Å². The number of hydrogen-bond acceptors (Lipinski definition) is 2. The van der Waals surface area contributed by atoms with Crippen molar-refractivity contribution in [2.24, 2.45) is 17.1 Å². The zero-order valence-electron chi connectivity index (χ0n) is 16.5. The fourth-order valence-corrected chi connectivity index (χ4v) is 3.96. The van der Waals surface area contributed by atoms with Gasteiger partial charge in [-0.25, -0.2) is 9.18 Å². The summed E-state index contributed by atoms with van der Waals surface area (Å²) in [7, 11) is 0.